The predicted molar refractivity (Wildman–Crippen MR) is 113 cm³/mol. The minimum absolute atomic E-state index is 0.0327. The molecule has 1 aliphatic rings. The van der Waals surface area contributed by atoms with Gasteiger partial charge in [-0.05, 0) is 40.2 Å². The number of piperazine rings is 1. The van der Waals surface area contributed by atoms with E-state index in [4.69, 9.17) is 9.47 Å². The van der Waals surface area contributed by atoms with Crippen LogP contribution in [0.5, 0.6) is 11.5 Å². The summed E-state index contributed by atoms with van der Waals surface area (Å²) in [5.41, 5.74) is 1.46. The van der Waals surface area contributed by atoms with Crippen LogP contribution in [0.4, 0.5) is 5.13 Å². The Labute approximate surface area is 175 Å². The fraction of sp³-hybridized carbons (Fsp3) is 0.316. The van der Waals surface area contributed by atoms with Gasteiger partial charge in [-0.15, -0.1) is 0 Å². The highest BCUT2D eigenvalue weighted by Gasteiger charge is 2.25. The zero-order valence-corrected chi connectivity index (χ0v) is 17.9. The average Bonchev–Trinajstić information content (AvgIpc) is 3.18. The van der Waals surface area contributed by atoms with E-state index in [1.807, 2.05) is 17.0 Å². The molecular weight excluding hydrogens is 444 g/mol. The molecule has 0 bridgehead atoms. The van der Waals surface area contributed by atoms with Crippen molar-refractivity contribution in [1.29, 1.82) is 0 Å². The van der Waals surface area contributed by atoms with Gasteiger partial charge in [0.1, 0.15) is 26.3 Å². The number of ether oxygens (including phenoxy) is 2. The molecule has 1 aliphatic heterocycles. The number of fused-ring (bicyclic) bond motifs is 1. The number of benzene rings is 1. The SMILES string of the molecule is COc1cc(C(=O)N2CCN(c3nc4cccnc4s3)CC2)cc(OC)c1Br. The molecule has 1 amide bonds. The zero-order valence-electron chi connectivity index (χ0n) is 15.5. The van der Waals surface area contributed by atoms with E-state index in [2.05, 4.69) is 30.8 Å². The van der Waals surface area contributed by atoms with Gasteiger partial charge in [0.2, 0.25) is 0 Å². The van der Waals surface area contributed by atoms with E-state index in [1.165, 1.54) is 0 Å². The summed E-state index contributed by atoms with van der Waals surface area (Å²) in [5.74, 6) is 1.11. The first kappa shape index (κ1) is 18.9. The van der Waals surface area contributed by atoms with Gasteiger partial charge in [0.25, 0.3) is 5.91 Å². The molecule has 0 N–H and O–H groups in total. The second kappa shape index (κ2) is 7.92. The van der Waals surface area contributed by atoms with Crippen molar-refractivity contribution in [2.75, 3.05) is 45.3 Å². The number of thiazole rings is 1. The van der Waals surface area contributed by atoms with E-state index in [-0.39, 0.29) is 5.91 Å². The van der Waals surface area contributed by atoms with Crippen LogP contribution in [0.2, 0.25) is 0 Å². The van der Waals surface area contributed by atoms with Crippen molar-refractivity contribution < 1.29 is 14.3 Å². The predicted octanol–water partition coefficient (Wildman–Crippen LogP) is 3.43. The Hall–Kier alpha value is -2.39. The van der Waals surface area contributed by atoms with E-state index in [9.17, 15) is 4.79 Å². The van der Waals surface area contributed by atoms with Gasteiger partial charge in [-0.2, -0.15) is 0 Å². The van der Waals surface area contributed by atoms with E-state index in [0.29, 0.717) is 34.6 Å². The second-order valence-electron chi connectivity index (χ2n) is 6.30. The Balaban J connectivity index is 1.48. The van der Waals surface area contributed by atoms with Crippen LogP contribution < -0.4 is 14.4 Å². The number of carbonyl (C=O) groups is 1. The monoisotopic (exact) mass is 462 g/mol. The average molecular weight is 463 g/mol. The summed E-state index contributed by atoms with van der Waals surface area (Å²) in [6.07, 6.45) is 1.78. The largest absolute Gasteiger partial charge is 0.495 e. The summed E-state index contributed by atoms with van der Waals surface area (Å²) in [6.45, 7) is 2.72. The fourth-order valence-corrected chi connectivity index (χ4v) is 4.68. The second-order valence-corrected chi connectivity index (χ2v) is 8.05. The van der Waals surface area contributed by atoms with Crippen molar-refractivity contribution in [2.45, 2.75) is 0 Å². The van der Waals surface area contributed by atoms with Crippen LogP contribution in [-0.2, 0) is 0 Å². The van der Waals surface area contributed by atoms with Crippen LogP contribution >= 0.6 is 27.3 Å². The molecule has 9 heteroatoms. The van der Waals surface area contributed by atoms with Gasteiger partial charge in [0.05, 0.1) is 14.2 Å². The molecule has 0 saturated carbocycles. The summed E-state index contributed by atoms with van der Waals surface area (Å²) in [6, 6.07) is 7.33. The quantitative estimate of drug-likeness (QED) is 0.591. The Morgan fingerprint density at radius 1 is 1.14 bits per heavy atom. The number of hydrogen-bond acceptors (Lipinski definition) is 7. The number of hydrogen-bond donors (Lipinski definition) is 0. The maximum Gasteiger partial charge on any atom is 0.254 e. The molecule has 0 radical (unpaired) electrons. The van der Waals surface area contributed by atoms with Gasteiger partial charge in [0.15, 0.2) is 5.13 Å². The molecule has 3 heterocycles. The number of pyridine rings is 1. The van der Waals surface area contributed by atoms with Crippen molar-refractivity contribution >= 4 is 48.7 Å². The maximum absolute atomic E-state index is 13.0. The molecule has 146 valence electrons. The van der Waals surface area contributed by atoms with Gasteiger partial charge < -0.3 is 19.3 Å². The summed E-state index contributed by atoms with van der Waals surface area (Å²) in [5, 5.41) is 0.952. The van der Waals surface area contributed by atoms with Gasteiger partial charge in [-0.25, -0.2) is 9.97 Å². The van der Waals surface area contributed by atoms with Crippen molar-refractivity contribution in [3.8, 4) is 11.5 Å². The molecule has 3 aromatic rings. The molecule has 7 nitrogen and oxygen atoms in total. The fourth-order valence-electron chi connectivity index (χ4n) is 3.17. The third-order valence-corrected chi connectivity index (χ3v) is 6.51. The van der Waals surface area contributed by atoms with E-state index in [0.717, 1.165) is 28.6 Å². The number of amides is 1. The van der Waals surface area contributed by atoms with Gasteiger partial charge >= 0.3 is 0 Å². The third-order valence-electron chi connectivity index (χ3n) is 4.69. The topological polar surface area (TPSA) is 67.8 Å². The first-order valence-corrected chi connectivity index (χ1v) is 10.4. The van der Waals surface area contributed by atoms with Crippen LogP contribution in [0.3, 0.4) is 0 Å². The van der Waals surface area contributed by atoms with Crippen molar-refractivity contribution in [3.63, 3.8) is 0 Å². The van der Waals surface area contributed by atoms with E-state index < -0.39 is 0 Å². The highest BCUT2D eigenvalue weighted by molar-refractivity contribution is 9.10. The Bertz CT molecular complexity index is 959. The van der Waals surface area contributed by atoms with Crippen molar-refractivity contribution in [1.82, 2.24) is 14.9 Å². The summed E-state index contributed by atoms with van der Waals surface area (Å²) < 4.78 is 11.4. The maximum atomic E-state index is 13.0. The minimum Gasteiger partial charge on any atom is -0.495 e. The lowest BCUT2D eigenvalue weighted by atomic mass is 10.1. The molecule has 0 spiro atoms. The number of rotatable bonds is 4. The highest BCUT2D eigenvalue weighted by atomic mass is 79.9. The number of anilines is 1. The number of methoxy groups -OCH3 is 2. The van der Waals surface area contributed by atoms with Crippen LogP contribution in [0.1, 0.15) is 10.4 Å². The lowest BCUT2D eigenvalue weighted by Gasteiger charge is -2.34. The van der Waals surface area contributed by atoms with Crippen molar-refractivity contribution in [3.05, 3.63) is 40.5 Å². The number of nitrogens with zero attached hydrogens (tertiary/aromatic N) is 4. The van der Waals surface area contributed by atoms with Gasteiger partial charge in [-0.3, -0.25) is 4.79 Å². The van der Waals surface area contributed by atoms with E-state index in [1.54, 1.807) is 43.9 Å². The smallest absolute Gasteiger partial charge is 0.254 e. The molecular formula is C19H19BrN4O3S. The summed E-state index contributed by atoms with van der Waals surface area (Å²) in [7, 11) is 3.14. The standard InChI is InChI=1S/C19H19BrN4O3S/c1-26-14-10-12(11-15(27-2)16(14)20)18(25)23-6-8-24(9-7-23)19-22-13-4-3-5-21-17(13)28-19/h3-5,10-11H,6-9H2,1-2H3. The third kappa shape index (κ3) is 3.51. The molecule has 1 fully saturated rings. The molecule has 1 saturated heterocycles. The molecule has 4 rings (SSSR count). The number of halogens is 1. The first-order valence-electron chi connectivity index (χ1n) is 8.78. The molecule has 0 unspecified atom stereocenters. The highest BCUT2D eigenvalue weighted by Crippen LogP contribution is 2.36. The first-order chi connectivity index (χ1) is 13.6. The Kier molecular flexibility index (Phi) is 5.36. The van der Waals surface area contributed by atoms with Gasteiger partial charge in [-0.1, -0.05) is 11.3 Å². The normalized spacial score (nSPS) is 14.4. The minimum atomic E-state index is -0.0327. The Morgan fingerprint density at radius 3 is 2.43 bits per heavy atom. The summed E-state index contributed by atoms with van der Waals surface area (Å²) in [4.78, 5) is 27.0. The number of aromatic nitrogens is 2. The van der Waals surface area contributed by atoms with E-state index >= 15 is 0 Å². The van der Waals surface area contributed by atoms with Crippen LogP contribution in [-0.4, -0.2) is 61.2 Å². The van der Waals surface area contributed by atoms with Crippen LogP contribution in [0, 0.1) is 0 Å². The molecule has 2 aromatic heterocycles. The lowest BCUT2D eigenvalue weighted by Crippen LogP contribution is -2.48. The molecule has 0 aliphatic carbocycles. The molecule has 0 atom stereocenters. The molecule has 28 heavy (non-hydrogen) atoms. The van der Waals surface area contributed by atoms with Crippen LogP contribution in [0.15, 0.2) is 34.9 Å². The lowest BCUT2D eigenvalue weighted by molar-refractivity contribution is 0.0746. The van der Waals surface area contributed by atoms with Crippen LogP contribution in [0.25, 0.3) is 10.3 Å². The zero-order chi connectivity index (χ0) is 19.7. The Morgan fingerprint density at radius 2 is 1.82 bits per heavy atom. The van der Waals surface area contributed by atoms with Crippen molar-refractivity contribution in [2.24, 2.45) is 0 Å². The molecule has 1 aromatic carbocycles. The number of carbonyl (C=O) groups excluding carboxylic acids is 1. The van der Waals surface area contributed by atoms with Gasteiger partial charge in [0, 0.05) is 37.9 Å². The summed E-state index contributed by atoms with van der Waals surface area (Å²) >= 11 is 5.02.